The highest BCUT2D eigenvalue weighted by Gasteiger charge is 2.25. The van der Waals surface area contributed by atoms with Crippen molar-refractivity contribution in [2.75, 3.05) is 4.90 Å². The van der Waals surface area contributed by atoms with Crippen LogP contribution in [0.1, 0.15) is 10.4 Å². The monoisotopic (exact) mass is 409 g/mol. The van der Waals surface area contributed by atoms with Crippen molar-refractivity contribution in [2.24, 2.45) is 0 Å². The molecule has 4 aromatic rings. The number of carbonyl (C=O) groups excluding carboxylic acids is 1. The van der Waals surface area contributed by atoms with E-state index in [1.807, 2.05) is 24.3 Å². The van der Waals surface area contributed by atoms with Crippen LogP contribution in [0.2, 0.25) is 5.02 Å². The van der Waals surface area contributed by atoms with E-state index in [1.165, 1.54) is 4.90 Å². The molecule has 2 aromatic heterocycles. The molecular weight excluding hydrogens is 398 g/mol. The number of thiophene rings is 1. The number of carboxylic acids is 1. The summed E-state index contributed by atoms with van der Waals surface area (Å²) in [5.41, 5.74) is 1.91. The van der Waals surface area contributed by atoms with Crippen LogP contribution < -0.4 is 4.90 Å². The lowest BCUT2D eigenvalue weighted by Crippen LogP contribution is -2.17. The highest BCUT2D eigenvalue weighted by molar-refractivity contribution is 7.15. The number of halogens is 1. The first-order valence-electron chi connectivity index (χ1n) is 8.16. The van der Waals surface area contributed by atoms with Gasteiger partial charge in [0.25, 0.3) is 0 Å². The van der Waals surface area contributed by atoms with Crippen LogP contribution in [0, 0.1) is 0 Å². The number of carboxylic acid groups (broad SMARTS) is 1. The Hall–Kier alpha value is -3.29. The largest absolute Gasteiger partial charge is 0.478 e. The van der Waals surface area contributed by atoms with Crippen molar-refractivity contribution in [3.8, 4) is 11.1 Å². The van der Waals surface area contributed by atoms with Crippen LogP contribution in [0.25, 0.3) is 22.0 Å². The van der Waals surface area contributed by atoms with Crippen LogP contribution in [0.3, 0.4) is 0 Å². The Bertz CT molecular complexity index is 1190. The first kappa shape index (κ1) is 18.1. The number of aromatic carboxylic acids is 1. The fraction of sp³-hybridized carbons (Fsp3) is 0. The van der Waals surface area contributed by atoms with Gasteiger partial charge < -0.3 is 5.11 Å². The van der Waals surface area contributed by atoms with E-state index in [1.54, 1.807) is 35.7 Å². The maximum absolute atomic E-state index is 12.0. The predicted octanol–water partition coefficient (Wildman–Crippen LogP) is 5.00. The highest BCUT2D eigenvalue weighted by atomic mass is 35.5. The average Bonchev–Trinajstić information content (AvgIpc) is 3.14. The minimum absolute atomic E-state index is 0.0226. The maximum Gasteiger partial charge on any atom is 0.339 e. The lowest BCUT2D eigenvalue weighted by Gasteiger charge is -2.15. The fourth-order valence-corrected chi connectivity index (χ4v) is 4.05. The highest BCUT2D eigenvalue weighted by Crippen LogP contribution is 2.40. The summed E-state index contributed by atoms with van der Waals surface area (Å²) in [6, 6.07) is 15.9. The molecular formula is C20H12ClN3O3S. The number of rotatable bonds is 5. The molecule has 8 heteroatoms. The molecule has 0 aliphatic rings. The molecule has 0 aliphatic heterocycles. The van der Waals surface area contributed by atoms with Crippen molar-refractivity contribution < 1.29 is 14.7 Å². The number of benzene rings is 2. The molecule has 0 fully saturated rings. The summed E-state index contributed by atoms with van der Waals surface area (Å²) in [6.45, 7) is 0. The van der Waals surface area contributed by atoms with Gasteiger partial charge in [0.15, 0.2) is 5.82 Å². The minimum Gasteiger partial charge on any atom is -0.478 e. The molecule has 0 saturated heterocycles. The zero-order valence-corrected chi connectivity index (χ0v) is 15.8. The van der Waals surface area contributed by atoms with E-state index in [0.29, 0.717) is 28.1 Å². The molecule has 0 bridgehead atoms. The first-order valence-corrected chi connectivity index (χ1v) is 9.42. The van der Waals surface area contributed by atoms with Gasteiger partial charge in [-0.2, -0.15) is 0 Å². The van der Waals surface area contributed by atoms with Crippen LogP contribution in [0.15, 0.2) is 60.0 Å². The van der Waals surface area contributed by atoms with Crippen molar-refractivity contribution >= 4 is 57.0 Å². The number of fused-ring (bicyclic) bond motifs is 1. The Morgan fingerprint density at radius 3 is 2.57 bits per heavy atom. The molecule has 2 heterocycles. The van der Waals surface area contributed by atoms with Gasteiger partial charge in [-0.25, -0.2) is 4.79 Å². The number of aromatic nitrogens is 2. The molecule has 0 radical (unpaired) electrons. The number of anilines is 2. The second kappa shape index (κ2) is 7.38. The van der Waals surface area contributed by atoms with E-state index in [0.717, 1.165) is 16.7 Å². The van der Waals surface area contributed by atoms with E-state index in [9.17, 15) is 14.7 Å². The number of carbonyl (C=O) groups is 2. The smallest absolute Gasteiger partial charge is 0.339 e. The normalized spacial score (nSPS) is 10.8. The second-order valence-electron chi connectivity index (χ2n) is 5.88. The molecule has 0 saturated carbocycles. The van der Waals surface area contributed by atoms with Crippen LogP contribution in [-0.4, -0.2) is 27.7 Å². The lowest BCUT2D eigenvalue weighted by atomic mass is 10.0. The molecule has 2 aromatic carbocycles. The third kappa shape index (κ3) is 3.21. The van der Waals surface area contributed by atoms with Crippen LogP contribution >= 0.6 is 22.9 Å². The SMILES string of the molecule is O=CN(c1cc2ccccc2nn1)c1scc(-c2ccc(Cl)cc2)c1C(=O)O. The van der Waals surface area contributed by atoms with Crippen LogP contribution in [0.4, 0.5) is 10.8 Å². The predicted molar refractivity (Wildman–Crippen MR) is 109 cm³/mol. The van der Waals surface area contributed by atoms with Crippen molar-refractivity contribution in [1.82, 2.24) is 10.2 Å². The number of amides is 1. The summed E-state index contributed by atoms with van der Waals surface area (Å²) < 4.78 is 0. The van der Waals surface area contributed by atoms with E-state index in [2.05, 4.69) is 10.2 Å². The summed E-state index contributed by atoms with van der Waals surface area (Å²) in [5.74, 6) is -0.887. The molecule has 6 nitrogen and oxygen atoms in total. The summed E-state index contributed by atoms with van der Waals surface area (Å²) in [4.78, 5) is 25.1. The molecule has 0 aliphatic carbocycles. The van der Waals surface area contributed by atoms with Gasteiger partial charge in [-0.05, 0) is 29.8 Å². The fourth-order valence-electron chi connectivity index (χ4n) is 2.87. The number of hydrogen-bond acceptors (Lipinski definition) is 5. The molecule has 0 atom stereocenters. The molecule has 28 heavy (non-hydrogen) atoms. The topological polar surface area (TPSA) is 83.4 Å². The summed E-state index contributed by atoms with van der Waals surface area (Å²) in [5, 5.41) is 21.3. The van der Waals surface area contributed by atoms with E-state index < -0.39 is 5.97 Å². The second-order valence-corrected chi connectivity index (χ2v) is 7.17. The van der Waals surface area contributed by atoms with Gasteiger partial charge in [-0.15, -0.1) is 21.5 Å². The van der Waals surface area contributed by atoms with Gasteiger partial charge in [0.1, 0.15) is 10.6 Å². The summed E-state index contributed by atoms with van der Waals surface area (Å²) in [6.07, 6.45) is 0.544. The van der Waals surface area contributed by atoms with Gasteiger partial charge in [0, 0.05) is 21.4 Å². The van der Waals surface area contributed by atoms with Crippen molar-refractivity contribution in [3.63, 3.8) is 0 Å². The maximum atomic E-state index is 12.0. The third-order valence-corrected chi connectivity index (χ3v) is 5.42. The average molecular weight is 410 g/mol. The minimum atomic E-state index is -1.14. The molecule has 4 rings (SSSR count). The Balaban J connectivity index is 1.85. The van der Waals surface area contributed by atoms with E-state index in [4.69, 9.17) is 11.6 Å². The van der Waals surface area contributed by atoms with Gasteiger partial charge in [-0.1, -0.05) is 41.9 Å². The Morgan fingerprint density at radius 2 is 1.86 bits per heavy atom. The Labute approximate surface area is 168 Å². The quantitative estimate of drug-likeness (QED) is 0.469. The molecule has 1 amide bonds. The van der Waals surface area contributed by atoms with E-state index in [-0.39, 0.29) is 16.4 Å². The van der Waals surface area contributed by atoms with Gasteiger partial charge in [0.05, 0.1) is 5.52 Å². The zero-order valence-electron chi connectivity index (χ0n) is 14.2. The van der Waals surface area contributed by atoms with Gasteiger partial charge in [-0.3, -0.25) is 9.69 Å². The molecule has 0 unspecified atom stereocenters. The standard InChI is InChI=1S/C20H12ClN3O3S/c21-14-7-5-12(6-8-14)15-10-28-19(18(15)20(26)27)24(11-25)17-9-13-3-1-2-4-16(13)22-23-17/h1-11H,(H,26,27). The number of hydrogen-bond donors (Lipinski definition) is 1. The van der Waals surface area contributed by atoms with Crippen molar-refractivity contribution in [1.29, 1.82) is 0 Å². The molecule has 0 spiro atoms. The van der Waals surface area contributed by atoms with Gasteiger partial charge >= 0.3 is 5.97 Å². The Kier molecular flexibility index (Phi) is 4.77. The van der Waals surface area contributed by atoms with Crippen LogP contribution in [0.5, 0.6) is 0 Å². The first-order chi connectivity index (χ1) is 13.6. The zero-order chi connectivity index (χ0) is 19.7. The third-order valence-electron chi connectivity index (χ3n) is 4.19. The lowest BCUT2D eigenvalue weighted by molar-refractivity contribution is -0.106. The van der Waals surface area contributed by atoms with Gasteiger partial charge in [0.2, 0.25) is 6.41 Å². The van der Waals surface area contributed by atoms with Crippen molar-refractivity contribution in [3.05, 3.63) is 70.6 Å². The van der Waals surface area contributed by atoms with Crippen molar-refractivity contribution in [2.45, 2.75) is 0 Å². The van der Waals surface area contributed by atoms with E-state index >= 15 is 0 Å². The molecule has 138 valence electrons. The summed E-state index contributed by atoms with van der Waals surface area (Å²) in [7, 11) is 0. The number of nitrogens with zero attached hydrogens (tertiary/aromatic N) is 3. The summed E-state index contributed by atoms with van der Waals surface area (Å²) >= 11 is 7.07. The Morgan fingerprint density at radius 1 is 1.11 bits per heavy atom. The van der Waals surface area contributed by atoms with Crippen LogP contribution in [-0.2, 0) is 4.79 Å². The molecule has 1 N–H and O–H groups in total.